The summed E-state index contributed by atoms with van der Waals surface area (Å²) in [7, 11) is 4.78. The lowest BCUT2D eigenvalue weighted by Crippen LogP contribution is -2.48. The normalized spacial score (nSPS) is 14.1. The summed E-state index contributed by atoms with van der Waals surface area (Å²) in [5.74, 6) is 0.312. The molecule has 4 aromatic rings. The zero-order chi connectivity index (χ0) is 27.7. The van der Waals surface area contributed by atoms with Crippen LogP contribution in [-0.2, 0) is 11.3 Å². The molecule has 1 saturated heterocycles. The Kier molecular flexibility index (Phi) is 7.30. The van der Waals surface area contributed by atoms with Gasteiger partial charge in [0.1, 0.15) is 23.4 Å². The maximum Gasteiger partial charge on any atom is 0.274 e. The average Bonchev–Trinajstić information content (AvgIpc) is 3.38. The fraction of sp³-hybridized carbons (Fsp3) is 0.345. The second-order valence-electron chi connectivity index (χ2n) is 9.73. The van der Waals surface area contributed by atoms with Gasteiger partial charge in [0.05, 0.1) is 31.8 Å². The number of nitrogens with zero attached hydrogens (tertiary/aromatic N) is 3. The van der Waals surface area contributed by atoms with Crippen molar-refractivity contribution in [2.45, 2.75) is 25.4 Å². The highest BCUT2D eigenvalue weighted by molar-refractivity contribution is 6.11. The van der Waals surface area contributed by atoms with Crippen molar-refractivity contribution in [2.75, 3.05) is 41.0 Å². The molecule has 0 radical (unpaired) electrons. The van der Waals surface area contributed by atoms with Crippen molar-refractivity contribution in [2.24, 2.45) is 0 Å². The summed E-state index contributed by atoms with van der Waals surface area (Å²) < 4.78 is 12.7. The number of benzene rings is 2. The first-order valence-electron chi connectivity index (χ1n) is 12.9. The number of hydrogen-bond acceptors (Lipinski definition) is 6. The molecule has 10 heteroatoms. The summed E-state index contributed by atoms with van der Waals surface area (Å²) in [4.78, 5) is 46.0. The molecule has 0 spiro atoms. The van der Waals surface area contributed by atoms with Crippen molar-refractivity contribution in [3.8, 4) is 11.5 Å². The van der Waals surface area contributed by atoms with Gasteiger partial charge in [-0.2, -0.15) is 0 Å². The van der Waals surface area contributed by atoms with Gasteiger partial charge in [-0.25, -0.2) is 0 Å². The highest BCUT2D eigenvalue weighted by Gasteiger charge is 2.31. The Hall–Kier alpha value is -4.31. The van der Waals surface area contributed by atoms with Crippen LogP contribution < -0.4 is 15.0 Å². The van der Waals surface area contributed by atoms with Crippen LogP contribution in [0.5, 0.6) is 11.5 Å². The standard InChI is InChI=1S/C29H32N4O6/c1-31(19-11-13-32(14-12-19)23(35)17-34)29(37)26-27(39-3)24-25(30-26)21-9-4-5-10-22(21)33(28(24)36)16-18-7-6-8-20(15-18)38-2/h4-10,15,19,30,34H,11-14,16-17H2,1-3H3. The van der Waals surface area contributed by atoms with Crippen LogP contribution in [-0.4, -0.2) is 83.3 Å². The van der Waals surface area contributed by atoms with E-state index in [0.29, 0.717) is 49.1 Å². The second kappa shape index (κ2) is 10.8. The van der Waals surface area contributed by atoms with Crippen LogP contribution in [0.1, 0.15) is 28.9 Å². The van der Waals surface area contributed by atoms with E-state index in [4.69, 9.17) is 14.6 Å². The van der Waals surface area contributed by atoms with Gasteiger partial charge in [0.2, 0.25) is 5.91 Å². The number of aromatic amines is 1. The summed E-state index contributed by atoms with van der Waals surface area (Å²) in [5.41, 5.74) is 2.13. The van der Waals surface area contributed by atoms with E-state index in [0.717, 1.165) is 16.5 Å². The molecule has 39 heavy (non-hydrogen) atoms. The number of piperidine rings is 1. The third-order valence-electron chi connectivity index (χ3n) is 7.59. The summed E-state index contributed by atoms with van der Waals surface area (Å²) in [6.45, 7) is 0.723. The maximum absolute atomic E-state index is 14.0. The minimum atomic E-state index is -0.519. The van der Waals surface area contributed by atoms with Gasteiger partial charge in [0.15, 0.2) is 5.75 Å². The number of rotatable bonds is 7. The first-order chi connectivity index (χ1) is 18.9. The summed E-state index contributed by atoms with van der Waals surface area (Å²) >= 11 is 0. The number of aliphatic hydroxyl groups is 1. The van der Waals surface area contributed by atoms with Gasteiger partial charge in [-0.15, -0.1) is 0 Å². The number of ether oxygens (including phenoxy) is 2. The molecule has 3 heterocycles. The lowest BCUT2D eigenvalue weighted by atomic mass is 10.0. The molecule has 5 rings (SSSR count). The highest BCUT2D eigenvalue weighted by Crippen LogP contribution is 2.34. The number of amides is 2. The van der Waals surface area contributed by atoms with Crippen molar-refractivity contribution < 1.29 is 24.2 Å². The molecule has 1 aliphatic rings. The molecule has 2 N–H and O–H groups in total. The van der Waals surface area contributed by atoms with E-state index < -0.39 is 6.61 Å². The summed E-state index contributed by atoms with van der Waals surface area (Å²) in [6, 6.07) is 15.0. The minimum absolute atomic E-state index is 0.0992. The topological polar surface area (TPSA) is 117 Å². The number of aromatic nitrogens is 2. The predicted molar refractivity (Wildman–Crippen MR) is 147 cm³/mol. The van der Waals surface area contributed by atoms with Gasteiger partial charge in [0.25, 0.3) is 11.5 Å². The zero-order valence-corrected chi connectivity index (χ0v) is 22.3. The molecule has 1 aliphatic heterocycles. The molecule has 204 valence electrons. The highest BCUT2D eigenvalue weighted by atomic mass is 16.5. The van der Waals surface area contributed by atoms with Crippen LogP contribution in [0.25, 0.3) is 21.8 Å². The Bertz CT molecular complexity index is 1600. The van der Waals surface area contributed by atoms with E-state index >= 15 is 0 Å². The predicted octanol–water partition coefficient (Wildman–Crippen LogP) is 2.60. The van der Waals surface area contributed by atoms with Gasteiger partial charge in [0, 0.05) is 31.6 Å². The van der Waals surface area contributed by atoms with E-state index in [2.05, 4.69) is 4.98 Å². The molecular formula is C29H32N4O6. The third kappa shape index (κ3) is 4.72. The van der Waals surface area contributed by atoms with Crippen molar-refractivity contribution in [1.29, 1.82) is 0 Å². The first kappa shape index (κ1) is 26.3. The molecule has 1 fully saturated rings. The molecule has 0 aliphatic carbocycles. The van der Waals surface area contributed by atoms with Crippen LogP contribution >= 0.6 is 0 Å². The molecule has 2 amide bonds. The van der Waals surface area contributed by atoms with Crippen molar-refractivity contribution in [3.63, 3.8) is 0 Å². The molecule has 0 bridgehead atoms. The number of likely N-dealkylation sites (tertiary alicyclic amines) is 1. The fourth-order valence-electron chi connectivity index (χ4n) is 5.46. The van der Waals surface area contributed by atoms with Crippen molar-refractivity contribution in [1.82, 2.24) is 19.4 Å². The third-order valence-corrected chi connectivity index (χ3v) is 7.59. The minimum Gasteiger partial charge on any atom is -0.497 e. The van der Waals surface area contributed by atoms with Crippen LogP contribution in [0.3, 0.4) is 0 Å². The number of hydrogen-bond donors (Lipinski definition) is 2. The zero-order valence-electron chi connectivity index (χ0n) is 22.3. The monoisotopic (exact) mass is 532 g/mol. The van der Waals surface area contributed by atoms with Gasteiger partial charge in [-0.05, 0) is 36.6 Å². The lowest BCUT2D eigenvalue weighted by molar-refractivity contribution is -0.135. The number of carbonyl (C=O) groups excluding carboxylic acids is 2. The number of H-pyrrole nitrogens is 1. The molecule has 0 saturated carbocycles. The first-order valence-corrected chi connectivity index (χ1v) is 12.9. The number of aliphatic hydroxyl groups excluding tert-OH is 1. The molecule has 0 atom stereocenters. The van der Waals surface area contributed by atoms with Crippen LogP contribution in [0.4, 0.5) is 0 Å². The van der Waals surface area contributed by atoms with E-state index in [-0.39, 0.29) is 34.9 Å². The quantitative estimate of drug-likeness (QED) is 0.378. The SMILES string of the molecule is COc1cccc(Cn2c(=O)c3c(OC)c(C(=O)N(C)C4CCN(C(=O)CO)CC4)[nH]c3c3ccccc32)c1. The van der Waals surface area contributed by atoms with Crippen LogP contribution in [0.15, 0.2) is 53.3 Å². The second-order valence-corrected chi connectivity index (χ2v) is 9.73. The average molecular weight is 533 g/mol. The number of pyridine rings is 1. The fourth-order valence-corrected chi connectivity index (χ4v) is 5.46. The number of nitrogens with one attached hydrogen (secondary N) is 1. The van der Waals surface area contributed by atoms with Gasteiger partial charge in [-0.1, -0.05) is 30.3 Å². The van der Waals surface area contributed by atoms with Crippen molar-refractivity contribution >= 4 is 33.6 Å². The van der Waals surface area contributed by atoms with E-state index in [1.165, 1.54) is 7.11 Å². The number of para-hydroxylation sites is 1. The number of carbonyl (C=O) groups is 2. The molecule has 2 aromatic heterocycles. The summed E-state index contributed by atoms with van der Waals surface area (Å²) in [6.07, 6.45) is 1.18. The molecule has 10 nitrogen and oxygen atoms in total. The lowest BCUT2D eigenvalue weighted by Gasteiger charge is -2.36. The van der Waals surface area contributed by atoms with Crippen LogP contribution in [0, 0.1) is 0 Å². The maximum atomic E-state index is 14.0. The Labute approximate surface area is 225 Å². The largest absolute Gasteiger partial charge is 0.497 e. The van der Waals surface area contributed by atoms with Crippen molar-refractivity contribution in [3.05, 3.63) is 70.1 Å². The van der Waals surface area contributed by atoms with E-state index in [1.807, 2.05) is 48.5 Å². The number of fused-ring (bicyclic) bond motifs is 3. The molecule has 0 unspecified atom stereocenters. The van der Waals surface area contributed by atoms with E-state index in [9.17, 15) is 14.4 Å². The van der Waals surface area contributed by atoms with Crippen LogP contribution in [0.2, 0.25) is 0 Å². The van der Waals surface area contributed by atoms with Gasteiger partial charge < -0.3 is 33.9 Å². The van der Waals surface area contributed by atoms with Gasteiger partial charge in [-0.3, -0.25) is 14.4 Å². The van der Waals surface area contributed by atoms with Gasteiger partial charge >= 0.3 is 0 Å². The Morgan fingerprint density at radius 3 is 2.51 bits per heavy atom. The molecular weight excluding hydrogens is 500 g/mol. The molecule has 2 aromatic carbocycles. The number of methoxy groups -OCH3 is 2. The summed E-state index contributed by atoms with van der Waals surface area (Å²) in [5, 5.41) is 10.3. The Morgan fingerprint density at radius 1 is 1.08 bits per heavy atom. The smallest absolute Gasteiger partial charge is 0.274 e. The van der Waals surface area contributed by atoms with E-state index in [1.54, 1.807) is 28.5 Å². The Morgan fingerprint density at radius 2 is 1.82 bits per heavy atom. The Balaban J connectivity index is 1.56.